The molecule has 21 heavy (non-hydrogen) atoms. The molecule has 0 bridgehead atoms. The van der Waals surface area contributed by atoms with Gasteiger partial charge in [0.2, 0.25) is 0 Å². The summed E-state index contributed by atoms with van der Waals surface area (Å²) in [6.07, 6.45) is -3.87. The third-order valence-corrected chi connectivity index (χ3v) is 3.49. The largest absolute Gasteiger partial charge is 0.390 e. The zero-order valence-electron chi connectivity index (χ0n) is 12.0. The molecule has 5 N–H and O–H groups in total. The molecule has 1 aliphatic rings. The van der Waals surface area contributed by atoms with Crippen LogP contribution >= 0.6 is 0 Å². The predicted octanol–water partition coefficient (Wildman–Crippen LogP) is -1.15. The van der Waals surface area contributed by atoms with Gasteiger partial charge >= 0.3 is 5.69 Å². The van der Waals surface area contributed by atoms with Crippen LogP contribution in [0.25, 0.3) is 0 Å². The lowest BCUT2D eigenvalue weighted by atomic mass is 9.98. The first kappa shape index (κ1) is 15.9. The molecule has 1 aromatic heterocycles. The molecule has 1 aliphatic heterocycles. The van der Waals surface area contributed by atoms with Gasteiger partial charge in [-0.3, -0.25) is 4.57 Å². The minimum absolute atomic E-state index is 0.0562. The second-order valence-electron chi connectivity index (χ2n) is 5.71. The van der Waals surface area contributed by atoms with E-state index in [9.17, 15) is 20.1 Å². The smallest absolute Gasteiger partial charge is 0.351 e. The van der Waals surface area contributed by atoms with Crippen molar-refractivity contribution in [2.24, 2.45) is 5.92 Å². The first-order valence-electron chi connectivity index (χ1n) is 6.85. The van der Waals surface area contributed by atoms with Crippen LogP contribution in [0.1, 0.15) is 26.5 Å². The Labute approximate surface area is 121 Å². The molecule has 8 heteroatoms. The SMILES string of the molecule is CC(C)CC(O)[C@H]1O[C@@H](n2ccc(N)nc2=O)[C@H](O)[C@@H]1O. The summed E-state index contributed by atoms with van der Waals surface area (Å²) >= 11 is 0. The van der Waals surface area contributed by atoms with E-state index < -0.39 is 36.3 Å². The summed E-state index contributed by atoms with van der Waals surface area (Å²) in [6.45, 7) is 3.85. The van der Waals surface area contributed by atoms with Crippen LogP contribution in [0.15, 0.2) is 17.1 Å². The normalized spacial score (nSPS) is 30.8. The Morgan fingerprint density at radius 2 is 2.10 bits per heavy atom. The van der Waals surface area contributed by atoms with Crippen molar-refractivity contribution < 1.29 is 20.1 Å². The van der Waals surface area contributed by atoms with Gasteiger partial charge < -0.3 is 25.8 Å². The number of ether oxygens (including phenoxy) is 1. The number of nitrogens with two attached hydrogens (primary N) is 1. The van der Waals surface area contributed by atoms with Gasteiger partial charge in [0.15, 0.2) is 6.23 Å². The third-order valence-electron chi connectivity index (χ3n) is 3.49. The second-order valence-corrected chi connectivity index (χ2v) is 5.71. The minimum atomic E-state index is -1.33. The average Bonchev–Trinajstić information content (AvgIpc) is 2.66. The van der Waals surface area contributed by atoms with E-state index in [0.717, 1.165) is 4.57 Å². The minimum Gasteiger partial charge on any atom is -0.390 e. The fraction of sp³-hybridized carbons (Fsp3) is 0.692. The molecular weight excluding hydrogens is 278 g/mol. The third kappa shape index (κ3) is 3.24. The lowest BCUT2D eigenvalue weighted by Crippen LogP contribution is -2.39. The Bertz CT molecular complexity index is 547. The number of nitrogens with zero attached hydrogens (tertiary/aromatic N) is 2. The molecule has 0 spiro atoms. The fourth-order valence-corrected chi connectivity index (χ4v) is 2.47. The Morgan fingerprint density at radius 3 is 2.67 bits per heavy atom. The average molecular weight is 299 g/mol. The summed E-state index contributed by atoms with van der Waals surface area (Å²) in [7, 11) is 0. The number of aliphatic hydroxyl groups is 3. The quantitative estimate of drug-likeness (QED) is 0.552. The number of anilines is 1. The van der Waals surface area contributed by atoms with Crippen molar-refractivity contribution in [2.45, 2.75) is 50.9 Å². The number of aromatic nitrogens is 2. The Morgan fingerprint density at radius 1 is 1.43 bits per heavy atom. The van der Waals surface area contributed by atoms with E-state index in [4.69, 9.17) is 10.5 Å². The van der Waals surface area contributed by atoms with E-state index in [2.05, 4.69) is 4.98 Å². The Kier molecular flexibility index (Phi) is 4.62. The van der Waals surface area contributed by atoms with Crippen molar-refractivity contribution in [3.05, 3.63) is 22.7 Å². The molecule has 0 aromatic carbocycles. The monoisotopic (exact) mass is 299 g/mol. The Balaban J connectivity index is 2.21. The van der Waals surface area contributed by atoms with Gasteiger partial charge in [-0.1, -0.05) is 13.8 Å². The zero-order valence-corrected chi connectivity index (χ0v) is 12.0. The molecule has 1 aromatic rings. The van der Waals surface area contributed by atoms with Crippen LogP contribution in [0.3, 0.4) is 0 Å². The summed E-state index contributed by atoms with van der Waals surface area (Å²) in [5.74, 6) is 0.258. The number of nitrogen functional groups attached to an aromatic ring is 1. The highest BCUT2D eigenvalue weighted by Gasteiger charge is 2.47. The van der Waals surface area contributed by atoms with Gasteiger partial charge in [0.1, 0.15) is 24.1 Å². The lowest BCUT2D eigenvalue weighted by molar-refractivity contribution is -0.0903. The van der Waals surface area contributed by atoms with E-state index in [0.29, 0.717) is 6.42 Å². The lowest BCUT2D eigenvalue weighted by Gasteiger charge is -2.22. The molecule has 0 amide bonds. The molecule has 1 unspecified atom stereocenters. The van der Waals surface area contributed by atoms with E-state index in [-0.39, 0.29) is 11.7 Å². The number of aliphatic hydroxyl groups excluding tert-OH is 3. The second kappa shape index (κ2) is 6.10. The maximum absolute atomic E-state index is 11.8. The van der Waals surface area contributed by atoms with E-state index >= 15 is 0 Å². The zero-order chi connectivity index (χ0) is 15.7. The molecular formula is C13H21N3O5. The van der Waals surface area contributed by atoms with Crippen molar-refractivity contribution in [2.75, 3.05) is 5.73 Å². The maximum atomic E-state index is 11.8. The van der Waals surface area contributed by atoms with E-state index in [1.165, 1.54) is 12.3 Å². The van der Waals surface area contributed by atoms with Crippen molar-refractivity contribution in [1.82, 2.24) is 9.55 Å². The summed E-state index contributed by atoms with van der Waals surface area (Å²) in [5.41, 5.74) is 4.71. The van der Waals surface area contributed by atoms with Crippen molar-refractivity contribution >= 4 is 5.82 Å². The van der Waals surface area contributed by atoms with Gasteiger partial charge in [0.25, 0.3) is 0 Å². The van der Waals surface area contributed by atoms with Gasteiger partial charge in [-0.2, -0.15) is 4.98 Å². The molecule has 1 fully saturated rings. The van der Waals surface area contributed by atoms with Crippen LogP contribution in [0.5, 0.6) is 0 Å². The van der Waals surface area contributed by atoms with E-state index in [1.807, 2.05) is 13.8 Å². The highest BCUT2D eigenvalue weighted by Crippen LogP contribution is 2.31. The number of rotatable bonds is 4. The molecule has 118 valence electrons. The number of hydrogen-bond acceptors (Lipinski definition) is 7. The van der Waals surface area contributed by atoms with Gasteiger partial charge in [-0.25, -0.2) is 4.79 Å². The summed E-state index contributed by atoms with van der Waals surface area (Å²) in [6, 6.07) is 1.39. The van der Waals surface area contributed by atoms with Gasteiger partial charge in [0, 0.05) is 6.20 Å². The van der Waals surface area contributed by atoms with Crippen LogP contribution in [0.2, 0.25) is 0 Å². The Hall–Kier alpha value is -1.48. The molecule has 0 radical (unpaired) electrons. The van der Waals surface area contributed by atoms with Gasteiger partial charge in [0.05, 0.1) is 6.10 Å². The van der Waals surface area contributed by atoms with Crippen molar-refractivity contribution in [3.63, 3.8) is 0 Å². The fourth-order valence-electron chi connectivity index (χ4n) is 2.47. The van der Waals surface area contributed by atoms with Gasteiger partial charge in [-0.15, -0.1) is 0 Å². The van der Waals surface area contributed by atoms with Crippen LogP contribution in [0.4, 0.5) is 5.82 Å². The number of hydrogen-bond donors (Lipinski definition) is 4. The standard InChI is InChI=1S/C13H21N3O5/c1-6(2)5-7(17)11-9(18)10(19)12(21-11)16-4-3-8(14)15-13(16)20/h3-4,6-7,9-12,17-19H,5H2,1-2H3,(H2,14,15,20)/t7?,9-,10+,11+,12+/m0/s1. The van der Waals surface area contributed by atoms with Crippen molar-refractivity contribution in [1.29, 1.82) is 0 Å². The highest BCUT2D eigenvalue weighted by molar-refractivity contribution is 5.23. The molecule has 0 saturated carbocycles. The molecule has 0 aliphatic carbocycles. The predicted molar refractivity (Wildman–Crippen MR) is 74.3 cm³/mol. The molecule has 2 heterocycles. The summed E-state index contributed by atoms with van der Waals surface area (Å²) in [4.78, 5) is 15.3. The van der Waals surface area contributed by atoms with Crippen LogP contribution < -0.4 is 11.4 Å². The molecule has 1 saturated heterocycles. The van der Waals surface area contributed by atoms with Crippen molar-refractivity contribution in [3.8, 4) is 0 Å². The topological polar surface area (TPSA) is 131 Å². The van der Waals surface area contributed by atoms with Crippen LogP contribution in [-0.2, 0) is 4.74 Å². The summed E-state index contributed by atoms with van der Waals surface area (Å²) in [5, 5.41) is 30.1. The van der Waals surface area contributed by atoms with Gasteiger partial charge in [-0.05, 0) is 18.4 Å². The molecule has 2 rings (SSSR count). The van der Waals surface area contributed by atoms with E-state index in [1.54, 1.807) is 0 Å². The highest BCUT2D eigenvalue weighted by atomic mass is 16.6. The molecule has 8 nitrogen and oxygen atoms in total. The molecule has 5 atom stereocenters. The maximum Gasteiger partial charge on any atom is 0.351 e. The first-order chi connectivity index (χ1) is 9.81. The van der Waals surface area contributed by atoms with Crippen LogP contribution in [-0.4, -0.2) is 49.3 Å². The summed E-state index contributed by atoms with van der Waals surface area (Å²) < 4.78 is 6.54. The first-order valence-corrected chi connectivity index (χ1v) is 6.85. The van der Waals surface area contributed by atoms with Crippen LogP contribution in [0, 0.1) is 5.92 Å².